The second kappa shape index (κ2) is 13.5. The van der Waals surface area contributed by atoms with Crippen molar-refractivity contribution in [2.75, 3.05) is 19.0 Å². The molecule has 0 aromatic heterocycles. The first-order chi connectivity index (χ1) is 16.1. The molecule has 1 aliphatic heterocycles. The summed E-state index contributed by atoms with van der Waals surface area (Å²) in [5.41, 5.74) is -0.825. The number of carbonyl (C=O) groups excluding carboxylic acids is 4. The van der Waals surface area contributed by atoms with Crippen molar-refractivity contribution in [3.05, 3.63) is 28.7 Å². The molecule has 1 aromatic carbocycles. The van der Waals surface area contributed by atoms with Crippen LogP contribution in [0.4, 0.5) is 0 Å². The molecular weight excluding hydrogens is 536 g/mol. The molecule has 0 spiro atoms. The quantitative estimate of drug-likeness (QED) is 0.237. The smallest absolute Gasteiger partial charge is 0.303 e. The third kappa shape index (κ3) is 9.15. The molecule has 2 rings (SSSR count). The Balaban J connectivity index is 2.20. The van der Waals surface area contributed by atoms with Crippen LogP contribution in [0.15, 0.2) is 28.7 Å². The van der Waals surface area contributed by atoms with Gasteiger partial charge in [-0.25, -0.2) is 0 Å². The summed E-state index contributed by atoms with van der Waals surface area (Å²) < 4.78 is 33.9. The topological polar surface area (TPSA) is 124 Å². The Morgan fingerprint density at radius 3 is 1.97 bits per heavy atom. The minimum absolute atomic E-state index is 0.260. The summed E-state index contributed by atoms with van der Waals surface area (Å²) in [5.74, 6) is -1.45. The zero-order valence-corrected chi connectivity index (χ0v) is 21.6. The fraction of sp³-hybridized carbons (Fsp3) is 0.545. The van der Waals surface area contributed by atoms with E-state index in [0.29, 0.717) is 18.1 Å². The fourth-order valence-electron chi connectivity index (χ4n) is 3.18. The third-order valence-corrected chi connectivity index (χ3v) is 6.03. The first kappa shape index (κ1) is 27.9. The average molecular weight is 563 g/mol. The van der Waals surface area contributed by atoms with Gasteiger partial charge in [0.25, 0.3) is 0 Å². The van der Waals surface area contributed by atoms with Crippen LogP contribution in [0.5, 0.6) is 5.75 Å². The van der Waals surface area contributed by atoms with Gasteiger partial charge in [0, 0.05) is 37.9 Å². The molecule has 188 valence electrons. The van der Waals surface area contributed by atoms with E-state index in [9.17, 15) is 19.2 Å². The second-order valence-electron chi connectivity index (χ2n) is 7.24. The molecule has 0 bridgehead atoms. The van der Waals surface area contributed by atoms with Crippen molar-refractivity contribution in [3.8, 4) is 5.75 Å². The molecule has 0 radical (unpaired) electrons. The Labute approximate surface area is 210 Å². The predicted molar refractivity (Wildman–Crippen MR) is 124 cm³/mol. The predicted octanol–water partition coefficient (Wildman–Crippen LogP) is 2.64. The van der Waals surface area contributed by atoms with E-state index in [1.807, 2.05) is 24.3 Å². The van der Waals surface area contributed by atoms with Crippen LogP contribution in [-0.4, -0.2) is 72.7 Å². The van der Waals surface area contributed by atoms with Crippen LogP contribution in [0.2, 0.25) is 0 Å². The highest BCUT2D eigenvalue weighted by molar-refractivity contribution is 9.10. The molecule has 0 N–H and O–H groups in total. The van der Waals surface area contributed by atoms with E-state index in [1.165, 1.54) is 39.5 Å². The Bertz CT molecular complexity index is 862. The molecule has 34 heavy (non-hydrogen) atoms. The van der Waals surface area contributed by atoms with Crippen LogP contribution in [-0.2, 0) is 42.9 Å². The summed E-state index contributed by atoms with van der Waals surface area (Å²) in [7, 11) is 0. The first-order valence-electron chi connectivity index (χ1n) is 10.4. The van der Waals surface area contributed by atoms with Gasteiger partial charge < -0.3 is 28.4 Å². The van der Waals surface area contributed by atoms with Crippen LogP contribution < -0.4 is 4.74 Å². The molecule has 0 saturated carbocycles. The zero-order valence-electron chi connectivity index (χ0n) is 19.2. The second-order valence-corrected chi connectivity index (χ2v) is 9.36. The third-order valence-electron chi connectivity index (χ3n) is 4.40. The molecule has 5 atom stereocenters. The number of benzene rings is 1. The summed E-state index contributed by atoms with van der Waals surface area (Å²) in [4.78, 5) is 46.8. The monoisotopic (exact) mass is 562 g/mol. The minimum atomic E-state index is -1.18. The van der Waals surface area contributed by atoms with E-state index in [1.54, 1.807) is 0 Å². The highest BCUT2D eigenvalue weighted by Crippen LogP contribution is 2.34. The van der Waals surface area contributed by atoms with Crippen molar-refractivity contribution in [1.29, 1.82) is 0 Å². The lowest BCUT2D eigenvalue weighted by Crippen LogP contribution is -2.61. The minimum Gasteiger partial charge on any atom is -0.493 e. The molecule has 10 nitrogen and oxygen atoms in total. The van der Waals surface area contributed by atoms with Gasteiger partial charge in [0.05, 0.1) is 6.61 Å². The van der Waals surface area contributed by atoms with Crippen LogP contribution in [0.3, 0.4) is 0 Å². The van der Waals surface area contributed by atoms with E-state index >= 15 is 0 Å². The van der Waals surface area contributed by atoms with Gasteiger partial charge in [0.15, 0.2) is 18.3 Å². The molecule has 1 saturated heterocycles. The molecule has 1 fully saturated rings. The maximum atomic E-state index is 11.8. The van der Waals surface area contributed by atoms with Crippen molar-refractivity contribution in [3.63, 3.8) is 0 Å². The summed E-state index contributed by atoms with van der Waals surface area (Å²) in [6.07, 6.45) is -4.39. The normalized spacial score (nSPS) is 24.0. The lowest BCUT2D eigenvalue weighted by molar-refractivity contribution is -0.237. The number of carbonyl (C=O) groups is 4. The van der Waals surface area contributed by atoms with E-state index in [0.717, 1.165) is 4.47 Å². The van der Waals surface area contributed by atoms with Gasteiger partial charge in [0.2, 0.25) is 0 Å². The number of hydrogen-bond acceptors (Lipinski definition) is 11. The Morgan fingerprint density at radius 1 is 0.853 bits per heavy atom. The highest BCUT2D eigenvalue weighted by atomic mass is 79.9. The largest absolute Gasteiger partial charge is 0.493 e. The number of halogens is 1. The van der Waals surface area contributed by atoms with Crippen LogP contribution in [0, 0.1) is 0 Å². The molecule has 0 unspecified atom stereocenters. The number of thioether (sulfide) groups is 1. The molecule has 1 heterocycles. The van der Waals surface area contributed by atoms with Gasteiger partial charge in [-0.15, -0.1) is 11.8 Å². The number of ether oxygens (including phenoxy) is 6. The summed E-state index contributed by atoms with van der Waals surface area (Å²) in [6.45, 7) is 4.83. The molecule has 1 aliphatic rings. The van der Waals surface area contributed by atoms with Gasteiger partial charge in [-0.3, -0.25) is 19.2 Å². The van der Waals surface area contributed by atoms with Crippen molar-refractivity contribution in [2.24, 2.45) is 0 Å². The van der Waals surface area contributed by atoms with Gasteiger partial charge in [-0.1, -0.05) is 15.9 Å². The maximum absolute atomic E-state index is 11.8. The van der Waals surface area contributed by atoms with Gasteiger partial charge in [0.1, 0.15) is 23.9 Å². The van der Waals surface area contributed by atoms with Crippen molar-refractivity contribution in [1.82, 2.24) is 0 Å². The summed E-state index contributed by atoms with van der Waals surface area (Å²) in [5, 5.41) is 0. The lowest BCUT2D eigenvalue weighted by atomic mass is 9.99. The Hall–Kier alpha value is -2.31. The van der Waals surface area contributed by atoms with Crippen molar-refractivity contribution in [2.45, 2.75) is 57.5 Å². The fourth-order valence-corrected chi connectivity index (χ4v) is 4.48. The van der Waals surface area contributed by atoms with Gasteiger partial charge in [-0.2, -0.15) is 0 Å². The molecule has 0 amide bonds. The SMILES string of the molecule is CC(=O)OC[C@H]1O[C@@H](SCCOc2ccc(Br)cc2)[C@@H](OC(C)=O)[C@@H](OC(C)=O)[C@@H]1OC(C)=O. The lowest BCUT2D eigenvalue weighted by Gasteiger charge is -2.44. The number of hydrogen-bond donors (Lipinski definition) is 0. The Morgan fingerprint density at radius 2 is 1.41 bits per heavy atom. The summed E-state index contributed by atoms with van der Waals surface area (Å²) in [6, 6.07) is 7.32. The molecular formula is C22H27BrO10S. The zero-order chi connectivity index (χ0) is 25.3. The molecule has 0 aliphatic carbocycles. The van der Waals surface area contributed by atoms with Crippen LogP contribution in [0.1, 0.15) is 27.7 Å². The van der Waals surface area contributed by atoms with Gasteiger partial charge >= 0.3 is 23.9 Å². The highest BCUT2D eigenvalue weighted by Gasteiger charge is 2.52. The molecule has 12 heteroatoms. The van der Waals surface area contributed by atoms with Crippen molar-refractivity contribution < 1.29 is 47.6 Å². The maximum Gasteiger partial charge on any atom is 0.303 e. The van der Waals surface area contributed by atoms with Crippen LogP contribution in [0.25, 0.3) is 0 Å². The van der Waals surface area contributed by atoms with Crippen LogP contribution >= 0.6 is 27.7 Å². The number of esters is 4. The average Bonchev–Trinajstić information content (AvgIpc) is 2.74. The number of rotatable bonds is 10. The first-order valence-corrected chi connectivity index (χ1v) is 12.2. The molecule has 1 aromatic rings. The Kier molecular flexibility index (Phi) is 11.1. The van der Waals surface area contributed by atoms with E-state index in [4.69, 9.17) is 28.4 Å². The van der Waals surface area contributed by atoms with Gasteiger partial charge in [-0.05, 0) is 24.3 Å². The van der Waals surface area contributed by atoms with E-state index in [-0.39, 0.29) is 6.61 Å². The van der Waals surface area contributed by atoms with E-state index in [2.05, 4.69) is 15.9 Å². The van der Waals surface area contributed by atoms with E-state index < -0.39 is 53.7 Å². The summed E-state index contributed by atoms with van der Waals surface area (Å²) >= 11 is 4.61. The van der Waals surface area contributed by atoms with Crippen molar-refractivity contribution >= 4 is 51.6 Å². The standard InChI is InChI=1S/C22H27BrO10S/c1-12(24)29-11-18-19(30-13(2)25)20(31-14(3)26)21(32-15(4)27)22(33-18)34-10-9-28-17-7-5-16(23)6-8-17/h5-8,18-22H,9-11H2,1-4H3/t18-,19-,20+,21+,22+/m1/s1.